The Balaban J connectivity index is 1.74. The van der Waals surface area contributed by atoms with Crippen molar-refractivity contribution in [2.24, 2.45) is 0 Å². The zero-order valence-electron chi connectivity index (χ0n) is 14.1. The highest BCUT2D eigenvalue weighted by molar-refractivity contribution is 7.89. The van der Waals surface area contributed by atoms with Crippen LogP contribution in [0.3, 0.4) is 0 Å². The van der Waals surface area contributed by atoms with Crippen molar-refractivity contribution in [2.75, 3.05) is 5.32 Å². The molecule has 0 saturated heterocycles. The van der Waals surface area contributed by atoms with Crippen molar-refractivity contribution in [1.82, 2.24) is 9.71 Å². The molecule has 3 rings (SSSR count). The second kappa shape index (κ2) is 8.07. The van der Waals surface area contributed by atoms with Crippen LogP contribution in [0.4, 0.5) is 10.1 Å². The number of nitrogens with zero attached hydrogens (tertiary/aromatic N) is 1. The first-order chi connectivity index (χ1) is 12.9. The summed E-state index contributed by atoms with van der Waals surface area (Å²) in [5, 5.41) is 2.53. The highest BCUT2D eigenvalue weighted by Gasteiger charge is 2.16. The number of amides is 1. The molecular formula is C19H16FN3O3S. The molecule has 0 aliphatic rings. The number of anilines is 1. The number of rotatable bonds is 6. The van der Waals surface area contributed by atoms with E-state index in [1.165, 1.54) is 48.5 Å². The smallest absolute Gasteiger partial charge is 0.255 e. The fourth-order valence-corrected chi connectivity index (χ4v) is 3.40. The van der Waals surface area contributed by atoms with Gasteiger partial charge in [0.05, 0.1) is 4.90 Å². The van der Waals surface area contributed by atoms with Gasteiger partial charge in [0, 0.05) is 30.2 Å². The van der Waals surface area contributed by atoms with Crippen LogP contribution in [0.15, 0.2) is 78.0 Å². The van der Waals surface area contributed by atoms with Gasteiger partial charge in [-0.2, -0.15) is 0 Å². The van der Waals surface area contributed by atoms with Crippen molar-refractivity contribution in [3.8, 4) is 0 Å². The first-order valence-electron chi connectivity index (χ1n) is 7.99. The zero-order valence-corrected chi connectivity index (χ0v) is 14.9. The standard InChI is InChI=1S/C19H16FN3O3S/c20-16-6-2-7-17(11-16)23-19(24)15-5-1-8-18(10-15)27(25,26)22-13-14-4-3-9-21-12-14/h1-12,22H,13H2,(H,23,24). The summed E-state index contributed by atoms with van der Waals surface area (Å²) < 4.78 is 40.6. The summed E-state index contributed by atoms with van der Waals surface area (Å²) in [6.07, 6.45) is 3.16. The predicted molar refractivity (Wildman–Crippen MR) is 99.1 cm³/mol. The van der Waals surface area contributed by atoms with Gasteiger partial charge >= 0.3 is 0 Å². The van der Waals surface area contributed by atoms with Gasteiger partial charge in [0.1, 0.15) is 5.82 Å². The van der Waals surface area contributed by atoms with Gasteiger partial charge in [-0.05, 0) is 48.0 Å². The summed E-state index contributed by atoms with van der Waals surface area (Å²) in [6.45, 7) is 0.0793. The number of sulfonamides is 1. The normalized spacial score (nSPS) is 11.1. The zero-order chi connectivity index (χ0) is 19.3. The van der Waals surface area contributed by atoms with Crippen LogP contribution >= 0.6 is 0 Å². The van der Waals surface area contributed by atoms with Crippen molar-refractivity contribution in [2.45, 2.75) is 11.4 Å². The quantitative estimate of drug-likeness (QED) is 0.683. The van der Waals surface area contributed by atoms with Gasteiger partial charge in [-0.3, -0.25) is 9.78 Å². The van der Waals surface area contributed by atoms with E-state index < -0.39 is 21.7 Å². The van der Waals surface area contributed by atoms with Crippen molar-refractivity contribution in [1.29, 1.82) is 0 Å². The Bertz CT molecular complexity index is 1060. The molecular weight excluding hydrogens is 369 g/mol. The van der Waals surface area contributed by atoms with Crippen LogP contribution in [0, 0.1) is 5.82 Å². The van der Waals surface area contributed by atoms with Crippen LogP contribution in [-0.2, 0) is 16.6 Å². The Kier molecular flexibility index (Phi) is 5.58. The van der Waals surface area contributed by atoms with E-state index in [0.717, 1.165) is 0 Å². The lowest BCUT2D eigenvalue weighted by Gasteiger charge is -2.09. The minimum Gasteiger partial charge on any atom is -0.322 e. The summed E-state index contributed by atoms with van der Waals surface area (Å²) in [6, 6.07) is 14.5. The number of halogens is 1. The number of carbonyl (C=O) groups excluding carboxylic acids is 1. The highest BCUT2D eigenvalue weighted by Crippen LogP contribution is 2.15. The van der Waals surface area contributed by atoms with Crippen LogP contribution < -0.4 is 10.0 Å². The van der Waals surface area contributed by atoms with Gasteiger partial charge < -0.3 is 5.32 Å². The summed E-state index contributed by atoms with van der Waals surface area (Å²) in [7, 11) is -3.81. The minimum atomic E-state index is -3.81. The highest BCUT2D eigenvalue weighted by atomic mass is 32.2. The molecule has 8 heteroatoms. The monoisotopic (exact) mass is 385 g/mol. The Morgan fingerprint density at radius 3 is 2.59 bits per heavy atom. The molecule has 0 bridgehead atoms. The summed E-state index contributed by atoms with van der Waals surface area (Å²) >= 11 is 0. The molecule has 1 heterocycles. The van der Waals surface area contributed by atoms with E-state index in [0.29, 0.717) is 5.56 Å². The third-order valence-electron chi connectivity index (χ3n) is 3.68. The molecule has 0 radical (unpaired) electrons. The van der Waals surface area contributed by atoms with E-state index in [1.807, 2.05) is 0 Å². The molecule has 3 aromatic rings. The largest absolute Gasteiger partial charge is 0.322 e. The number of benzene rings is 2. The number of carbonyl (C=O) groups is 1. The number of hydrogen-bond acceptors (Lipinski definition) is 4. The van der Waals surface area contributed by atoms with E-state index in [2.05, 4.69) is 15.0 Å². The second-order valence-electron chi connectivity index (χ2n) is 5.68. The molecule has 2 N–H and O–H groups in total. The van der Waals surface area contributed by atoms with E-state index in [9.17, 15) is 17.6 Å². The Hall–Kier alpha value is -3.10. The lowest BCUT2D eigenvalue weighted by molar-refractivity contribution is 0.102. The Labute approximate surface area is 156 Å². The third-order valence-corrected chi connectivity index (χ3v) is 5.08. The molecule has 0 spiro atoms. The van der Waals surface area contributed by atoms with Crippen molar-refractivity contribution in [3.05, 3.63) is 90.0 Å². The fraction of sp³-hybridized carbons (Fsp3) is 0.0526. The predicted octanol–water partition coefficient (Wildman–Crippen LogP) is 2.95. The molecule has 1 aromatic heterocycles. The molecule has 6 nitrogen and oxygen atoms in total. The van der Waals surface area contributed by atoms with Crippen LogP contribution in [0.5, 0.6) is 0 Å². The lowest BCUT2D eigenvalue weighted by Crippen LogP contribution is -2.23. The van der Waals surface area contributed by atoms with Crippen LogP contribution in [0.1, 0.15) is 15.9 Å². The maximum Gasteiger partial charge on any atom is 0.255 e. The Morgan fingerprint density at radius 2 is 1.85 bits per heavy atom. The maximum atomic E-state index is 13.2. The van der Waals surface area contributed by atoms with Gasteiger partial charge in [0.2, 0.25) is 10.0 Å². The number of aromatic nitrogens is 1. The molecule has 0 atom stereocenters. The van der Waals surface area contributed by atoms with Gasteiger partial charge in [-0.15, -0.1) is 0 Å². The van der Waals surface area contributed by atoms with Gasteiger partial charge in [-0.1, -0.05) is 18.2 Å². The van der Waals surface area contributed by atoms with Gasteiger partial charge in [0.15, 0.2) is 0 Å². The van der Waals surface area contributed by atoms with Crippen LogP contribution in [0.25, 0.3) is 0 Å². The molecule has 1 amide bonds. The average molecular weight is 385 g/mol. The summed E-state index contributed by atoms with van der Waals surface area (Å²) in [5.74, 6) is -1.02. The van der Waals surface area contributed by atoms with Gasteiger partial charge in [-0.25, -0.2) is 17.5 Å². The molecule has 0 unspecified atom stereocenters. The molecule has 0 aliphatic heterocycles. The Morgan fingerprint density at radius 1 is 1.04 bits per heavy atom. The third kappa shape index (κ3) is 4.96. The number of nitrogens with one attached hydrogen (secondary N) is 2. The molecule has 0 saturated carbocycles. The molecule has 27 heavy (non-hydrogen) atoms. The minimum absolute atomic E-state index is 0.0433. The molecule has 138 valence electrons. The van der Waals surface area contributed by atoms with Crippen LogP contribution in [-0.4, -0.2) is 19.3 Å². The molecule has 0 fully saturated rings. The SMILES string of the molecule is O=C(Nc1cccc(F)c1)c1cccc(S(=O)(=O)NCc2cccnc2)c1. The summed E-state index contributed by atoms with van der Waals surface area (Å²) in [5.41, 5.74) is 1.13. The maximum absolute atomic E-state index is 13.2. The number of pyridine rings is 1. The average Bonchev–Trinajstić information content (AvgIpc) is 2.67. The van der Waals surface area contributed by atoms with E-state index in [4.69, 9.17) is 0 Å². The second-order valence-corrected chi connectivity index (χ2v) is 7.45. The van der Waals surface area contributed by atoms with Crippen molar-refractivity contribution < 1.29 is 17.6 Å². The first-order valence-corrected chi connectivity index (χ1v) is 9.48. The van der Waals surface area contributed by atoms with E-state index >= 15 is 0 Å². The van der Waals surface area contributed by atoms with E-state index in [1.54, 1.807) is 24.5 Å². The van der Waals surface area contributed by atoms with E-state index in [-0.39, 0.29) is 22.7 Å². The first kappa shape index (κ1) is 18.7. The topological polar surface area (TPSA) is 88.2 Å². The van der Waals surface area contributed by atoms with Crippen molar-refractivity contribution in [3.63, 3.8) is 0 Å². The lowest BCUT2D eigenvalue weighted by atomic mass is 10.2. The van der Waals surface area contributed by atoms with Crippen LogP contribution in [0.2, 0.25) is 0 Å². The molecule has 2 aromatic carbocycles. The van der Waals surface area contributed by atoms with Gasteiger partial charge in [0.25, 0.3) is 5.91 Å². The molecule has 0 aliphatic carbocycles. The van der Waals surface area contributed by atoms with Crippen molar-refractivity contribution >= 4 is 21.6 Å². The number of hydrogen-bond donors (Lipinski definition) is 2. The fourth-order valence-electron chi connectivity index (χ4n) is 2.34. The summed E-state index contributed by atoms with van der Waals surface area (Å²) in [4.78, 5) is 16.2.